The molecule has 0 aromatic heterocycles. The minimum Gasteiger partial charge on any atom is -0.306 e. The van der Waals surface area contributed by atoms with Crippen LogP contribution < -0.4 is 4.90 Å². The van der Waals surface area contributed by atoms with Crippen LogP contribution in [0.4, 0.5) is 5.69 Å². The number of hydrogen-bond donors (Lipinski definition) is 0. The number of nitrogens with zero attached hydrogens (tertiary/aromatic N) is 2. The maximum atomic E-state index is 12.2. The molecule has 4 heteroatoms. The Morgan fingerprint density at radius 3 is 2.90 bits per heavy atom. The Morgan fingerprint density at radius 1 is 1.20 bits per heavy atom. The zero-order chi connectivity index (χ0) is 13.9. The van der Waals surface area contributed by atoms with E-state index in [1.807, 2.05) is 42.5 Å². The number of carbonyl (C=O) groups excluding carboxylic acids is 1. The van der Waals surface area contributed by atoms with Gasteiger partial charge in [-0.05, 0) is 29.8 Å². The summed E-state index contributed by atoms with van der Waals surface area (Å²) < 4.78 is 0. The lowest BCUT2D eigenvalue weighted by Gasteiger charge is -2.29. The molecule has 1 amide bonds. The lowest BCUT2D eigenvalue weighted by molar-refractivity contribution is -0.116. The zero-order valence-electron chi connectivity index (χ0n) is 10.7. The molecule has 0 saturated heterocycles. The smallest absolute Gasteiger partial charge is 0.237 e. The topological polar surface area (TPSA) is 44.1 Å². The van der Waals surface area contributed by atoms with E-state index in [4.69, 9.17) is 5.26 Å². The van der Waals surface area contributed by atoms with Crippen LogP contribution in [-0.2, 0) is 11.3 Å². The third kappa shape index (κ3) is 2.40. The SMILES string of the molecule is N#Cc1cccc(CN2C(=O)CSc3ccccc32)c1. The third-order valence-corrected chi connectivity index (χ3v) is 4.25. The van der Waals surface area contributed by atoms with Gasteiger partial charge in [-0.15, -0.1) is 11.8 Å². The Labute approximate surface area is 121 Å². The predicted molar refractivity (Wildman–Crippen MR) is 79.5 cm³/mol. The van der Waals surface area contributed by atoms with Crippen molar-refractivity contribution >= 4 is 23.4 Å². The summed E-state index contributed by atoms with van der Waals surface area (Å²) >= 11 is 1.58. The van der Waals surface area contributed by atoms with Gasteiger partial charge in [-0.3, -0.25) is 4.79 Å². The molecule has 1 aliphatic heterocycles. The number of thioether (sulfide) groups is 1. The van der Waals surface area contributed by atoms with Crippen molar-refractivity contribution in [3.8, 4) is 6.07 Å². The van der Waals surface area contributed by atoms with E-state index in [1.54, 1.807) is 22.7 Å². The van der Waals surface area contributed by atoms with E-state index >= 15 is 0 Å². The summed E-state index contributed by atoms with van der Waals surface area (Å²) in [6.07, 6.45) is 0. The van der Waals surface area contributed by atoms with Gasteiger partial charge in [0.1, 0.15) is 0 Å². The quantitative estimate of drug-likeness (QED) is 0.848. The second kappa shape index (κ2) is 5.40. The minimum atomic E-state index is 0.107. The molecule has 0 spiro atoms. The highest BCUT2D eigenvalue weighted by atomic mass is 32.2. The lowest BCUT2D eigenvalue weighted by atomic mass is 10.1. The summed E-state index contributed by atoms with van der Waals surface area (Å²) in [5, 5.41) is 8.94. The molecule has 1 heterocycles. The number of hydrogen-bond acceptors (Lipinski definition) is 3. The van der Waals surface area contributed by atoms with Gasteiger partial charge in [0.15, 0.2) is 0 Å². The van der Waals surface area contributed by atoms with Gasteiger partial charge in [0.2, 0.25) is 5.91 Å². The minimum absolute atomic E-state index is 0.107. The van der Waals surface area contributed by atoms with Crippen LogP contribution in [0.25, 0.3) is 0 Å². The van der Waals surface area contributed by atoms with Crippen molar-refractivity contribution in [1.82, 2.24) is 0 Å². The number of para-hydroxylation sites is 1. The second-order valence-electron chi connectivity index (χ2n) is 4.55. The van der Waals surface area contributed by atoms with Crippen LogP contribution >= 0.6 is 11.8 Å². The van der Waals surface area contributed by atoms with Crippen molar-refractivity contribution in [2.45, 2.75) is 11.4 Å². The van der Waals surface area contributed by atoms with Crippen LogP contribution in [0.3, 0.4) is 0 Å². The summed E-state index contributed by atoms with van der Waals surface area (Å²) in [7, 11) is 0. The highest BCUT2D eigenvalue weighted by Crippen LogP contribution is 2.35. The Kier molecular flexibility index (Phi) is 3.44. The average Bonchev–Trinajstić information content (AvgIpc) is 2.50. The van der Waals surface area contributed by atoms with Gasteiger partial charge in [0.25, 0.3) is 0 Å². The van der Waals surface area contributed by atoms with Gasteiger partial charge in [-0.2, -0.15) is 5.26 Å². The number of benzene rings is 2. The number of amides is 1. The molecule has 2 aromatic rings. The van der Waals surface area contributed by atoms with E-state index in [0.29, 0.717) is 17.9 Å². The molecule has 0 bridgehead atoms. The zero-order valence-corrected chi connectivity index (χ0v) is 11.6. The summed E-state index contributed by atoms with van der Waals surface area (Å²) in [4.78, 5) is 15.1. The molecule has 3 nitrogen and oxygen atoms in total. The molecular weight excluding hydrogens is 268 g/mol. The molecule has 0 aliphatic carbocycles. The van der Waals surface area contributed by atoms with E-state index in [1.165, 1.54) is 0 Å². The number of fused-ring (bicyclic) bond motifs is 1. The molecule has 98 valence electrons. The first-order chi connectivity index (χ1) is 9.78. The normalized spacial score (nSPS) is 13.8. The van der Waals surface area contributed by atoms with E-state index in [2.05, 4.69) is 6.07 Å². The van der Waals surface area contributed by atoms with Crippen LogP contribution in [0.1, 0.15) is 11.1 Å². The predicted octanol–water partition coefficient (Wildman–Crippen LogP) is 3.20. The maximum Gasteiger partial charge on any atom is 0.237 e. The molecular formula is C16H12N2OS. The monoisotopic (exact) mass is 280 g/mol. The molecule has 2 aromatic carbocycles. The summed E-state index contributed by atoms with van der Waals surface area (Å²) in [6.45, 7) is 0.506. The van der Waals surface area contributed by atoms with Gasteiger partial charge < -0.3 is 4.90 Å². The van der Waals surface area contributed by atoms with Gasteiger partial charge in [-0.25, -0.2) is 0 Å². The molecule has 0 atom stereocenters. The molecule has 0 saturated carbocycles. The summed E-state index contributed by atoms with van der Waals surface area (Å²) in [5.74, 6) is 0.575. The molecule has 1 aliphatic rings. The van der Waals surface area contributed by atoms with Crippen molar-refractivity contribution in [2.24, 2.45) is 0 Å². The fourth-order valence-corrected chi connectivity index (χ4v) is 3.18. The molecule has 0 radical (unpaired) electrons. The molecule has 0 N–H and O–H groups in total. The van der Waals surface area contributed by atoms with Crippen molar-refractivity contribution in [3.05, 3.63) is 59.7 Å². The summed E-state index contributed by atoms with van der Waals surface area (Å²) in [5.41, 5.74) is 2.55. The van der Waals surface area contributed by atoms with E-state index in [-0.39, 0.29) is 5.91 Å². The molecule has 20 heavy (non-hydrogen) atoms. The van der Waals surface area contributed by atoms with Crippen LogP contribution in [0, 0.1) is 11.3 Å². The fraction of sp³-hybridized carbons (Fsp3) is 0.125. The first kappa shape index (κ1) is 12.8. The highest BCUT2D eigenvalue weighted by Gasteiger charge is 2.24. The second-order valence-corrected chi connectivity index (χ2v) is 5.57. The Morgan fingerprint density at radius 2 is 2.05 bits per heavy atom. The largest absolute Gasteiger partial charge is 0.306 e. The van der Waals surface area contributed by atoms with Crippen LogP contribution in [0.2, 0.25) is 0 Å². The van der Waals surface area contributed by atoms with Gasteiger partial charge >= 0.3 is 0 Å². The van der Waals surface area contributed by atoms with Crippen LogP contribution in [0.15, 0.2) is 53.4 Å². The van der Waals surface area contributed by atoms with Gasteiger partial charge in [-0.1, -0.05) is 24.3 Å². The van der Waals surface area contributed by atoms with Gasteiger partial charge in [0, 0.05) is 4.90 Å². The van der Waals surface area contributed by atoms with Gasteiger partial charge in [0.05, 0.1) is 29.6 Å². The van der Waals surface area contributed by atoms with Crippen LogP contribution in [0.5, 0.6) is 0 Å². The number of anilines is 1. The van der Waals surface area contributed by atoms with E-state index < -0.39 is 0 Å². The first-order valence-electron chi connectivity index (χ1n) is 6.29. The van der Waals surface area contributed by atoms with Crippen LogP contribution in [-0.4, -0.2) is 11.7 Å². The average molecular weight is 280 g/mol. The molecule has 0 unspecified atom stereocenters. The highest BCUT2D eigenvalue weighted by molar-refractivity contribution is 8.00. The van der Waals surface area contributed by atoms with E-state index in [0.717, 1.165) is 16.1 Å². The van der Waals surface area contributed by atoms with Crippen molar-refractivity contribution in [3.63, 3.8) is 0 Å². The fourth-order valence-electron chi connectivity index (χ4n) is 2.25. The number of nitriles is 1. The summed E-state index contributed by atoms with van der Waals surface area (Å²) in [6, 6.07) is 17.4. The van der Waals surface area contributed by atoms with Crippen molar-refractivity contribution < 1.29 is 4.79 Å². The molecule has 0 fully saturated rings. The third-order valence-electron chi connectivity index (χ3n) is 3.21. The van der Waals surface area contributed by atoms with Crippen molar-refractivity contribution in [2.75, 3.05) is 10.7 Å². The number of carbonyl (C=O) groups is 1. The first-order valence-corrected chi connectivity index (χ1v) is 7.28. The standard InChI is InChI=1S/C16H12N2OS/c17-9-12-4-3-5-13(8-12)10-18-14-6-1-2-7-15(14)20-11-16(18)19/h1-8H,10-11H2. The number of rotatable bonds is 2. The Balaban J connectivity index is 1.94. The maximum absolute atomic E-state index is 12.2. The van der Waals surface area contributed by atoms with E-state index in [9.17, 15) is 4.79 Å². The molecule has 3 rings (SSSR count). The Hall–Kier alpha value is -2.25. The lowest BCUT2D eigenvalue weighted by Crippen LogP contribution is -2.34. The Bertz CT molecular complexity index is 706. The van der Waals surface area contributed by atoms with Crippen molar-refractivity contribution in [1.29, 1.82) is 5.26 Å².